The summed E-state index contributed by atoms with van der Waals surface area (Å²) >= 11 is 0. The Labute approximate surface area is 57.5 Å². The van der Waals surface area contributed by atoms with E-state index in [4.69, 9.17) is 10.4 Å². The molecule has 0 heterocycles. The zero-order valence-corrected chi connectivity index (χ0v) is 5.39. The van der Waals surface area contributed by atoms with Crippen LogP contribution in [0.3, 0.4) is 0 Å². The number of hydrogen-bond donors (Lipinski definition) is 3. The van der Waals surface area contributed by atoms with E-state index in [0.29, 0.717) is 0 Å². The molecule has 0 saturated carbocycles. The quantitative estimate of drug-likeness (QED) is 0.283. The number of nitrogens with one attached hydrogen (secondary N) is 1. The van der Waals surface area contributed by atoms with Crippen molar-refractivity contribution in [2.45, 2.75) is 0 Å². The van der Waals surface area contributed by atoms with E-state index >= 15 is 0 Å². The Hall–Kier alpha value is -1.59. The van der Waals surface area contributed by atoms with Gasteiger partial charge in [-0.15, -0.1) is 0 Å². The molecule has 3 N–H and O–H groups in total. The summed E-state index contributed by atoms with van der Waals surface area (Å²) in [5, 5.41) is 24.9. The van der Waals surface area contributed by atoms with Gasteiger partial charge in [0.05, 0.1) is 12.4 Å². The van der Waals surface area contributed by atoms with E-state index in [1.54, 1.807) is 7.05 Å². The SMILES string of the molecule is CNN=C(/C=N/O)/C=N/O. The lowest BCUT2D eigenvalue weighted by molar-refractivity contribution is 0.321. The van der Waals surface area contributed by atoms with Gasteiger partial charge < -0.3 is 15.8 Å². The van der Waals surface area contributed by atoms with Crippen molar-refractivity contribution in [3.63, 3.8) is 0 Å². The van der Waals surface area contributed by atoms with Crippen LogP contribution in [0, 0.1) is 0 Å². The first-order chi connectivity index (χ1) is 4.85. The van der Waals surface area contributed by atoms with Crippen molar-refractivity contribution >= 4 is 18.1 Å². The maximum atomic E-state index is 8.01. The van der Waals surface area contributed by atoms with E-state index in [0.717, 1.165) is 12.4 Å². The van der Waals surface area contributed by atoms with Gasteiger partial charge in [-0.1, -0.05) is 10.3 Å². The molecular weight excluding hydrogens is 136 g/mol. The summed E-state index contributed by atoms with van der Waals surface area (Å²) in [5.41, 5.74) is 2.64. The Balaban J connectivity index is 4.11. The number of oxime groups is 2. The fourth-order valence-corrected chi connectivity index (χ4v) is 0.338. The summed E-state index contributed by atoms with van der Waals surface area (Å²) in [7, 11) is 1.57. The highest BCUT2D eigenvalue weighted by Gasteiger charge is 1.87. The van der Waals surface area contributed by atoms with Gasteiger partial charge in [0.25, 0.3) is 0 Å². The highest BCUT2D eigenvalue weighted by atomic mass is 16.4. The third-order valence-corrected chi connectivity index (χ3v) is 0.621. The molecule has 0 saturated heterocycles. The normalized spacial score (nSPS) is 10.5. The van der Waals surface area contributed by atoms with Gasteiger partial charge in [-0.05, 0) is 0 Å². The number of hydrogen-bond acceptors (Lipinski definition) is 6. The zero-order valence-electron chi connectivity index (χ0n) is 5.39. The van der Waals surface area contributed by atoms with Crippen LogP contribution >= 0.6 is 0 Å². The molecule has 0 aliphatic heterocycles. The van der Waals surface area contributed by atoms with Gasteiger partial charge in [-0.3, -0.25) is 0 Å². The summed E-state index contributed by atoms with van der Waals surface area (Å²) in [5.74, 6) is 0. The average Bonchev–Trinajstić information content (AvgIpc) is 1.90. The molecule has 0 spiro atoms. The van der Waals surface area contributed by atoms with Gasteiger partial charge in [0.2, 0.25) is 0 Å². The molecule has 0 unspecified atom stereocenters. The molecule has 0 fully saturated rings. The van der Waals surface area contributed by atoms with Crippen LogP contribution in [0.4, 0.5) is 0 Å². The number of nitrogens with zero attached hydrogens (tertiary/aromatic N) is 3. The van der Waals surface area contributed by atoms with Crippen LogP contribution < -0.4 is 5.43 Å². The molecule has 0 aliphatic rings. The Morgan fingerprint density at radius 2 is 1.80 bits per heavy atom. The predicted molar refractivity (Wildman–Crippen MR) is 37.1 cm³/mol. The second kappa shape index (κ2) is 5.54. The topological polar surface area (TPSA) is 89.6 Å². The van der Waals surface area contributed by atoms with Gasteiger partial charge >= 0.3 is 0 Å². The molecule has 0 bridgehead atoms. The van der Waals surface area contributed by atoms with E-state index in [1.165, 1.54) is 0 Å². The van der Waals surface area contributed by atoms with Gasteiger partial charge in [-0.25, -0.2) is 0 Å². The molecule has 0 aromatic rings. The molecular formula is C4H8N4O2. The van der Waals surface area contributed by atoms with Crippen molar-refractivity contribution in [2.75, 3.05) is 7.05 Å². The van der Waals surface area contributed by atoms with E-state index in [1.807, 2.05) is 0 Å². The maximum Gasteiger partial charge on any atom is 0.126 e. The average molecular weight is 144 g/mol. The van der Waals surface area contributed by atoms with Crippen molar-refractivity contribution in [1.82, 2.24) is 5.43 Å². The molecule has 0 rings (SSSR count). The first kappa shape index (κ1) is 8.41. The van der Waals surface area contributed by atoms with Crippen LogP contribution in [0.25, 0.3) is 0 Å². The Bertz CT molecular complexity index is 149. The first-order valence-electron chi connectivity index (χ1n) is 2.44. The smallest absolute Gasteiger partial charge is 0.126 e. The summed E-state index contributed by atoms with van der Waals surface area (Å²) in [6.07, 6.45) is 2.05. The van der Waals surface area contributed by atoms with Gasteiger partial charge in [0.15, 0.2) is 0 Å². The molecule has 0 aromatic carbocycles. The van der Waals surface area contributed by atoms with Crippen molar-refractivity contribution in [2.24, 2.45) is 15.4 Å². The molecule has 0 aromatic heterocycles. The van der Waals surface area contributed by atoms with Crippen molar-refractivity contribution in [3.05, 3.63) is 0 Å². The number of hydrazone groups is 1. The summed E-state index contributed by atoms with van der Waals surface area (Å²) < 4.78 is 0. The Morgan fingerprint density at radius 1 is 1.30 bits per heavy atom. The minimum absolute atomic E-state index is 0.215. The molecule has 0 aliphatic carbocycles. The molecule has 10 heavy (non-hydrogen) atoms. The van der Waals surface area contributed by atoms with Crippen LogP contribution in [0.1, 0.15) is 0 Å². The number of rotatable bonds is 3. The first-order valence-corrected chi connectivity index (χ1v) is 2.44. The minimum atomic E-state index is 0.215. The van der Waals surface area contributed by atoms with Crippen LogP contribution in [-0.4, -0.2) is 35.6 Å². The van der Waals surface area contributed by atoms with E-state index in [-0.39, 0.29) is 5.71 Å². The second-order valence-electron chi connectivity index (χ2n) is 1.25. The molecule has 56 valence electrons. The lowest BCUT2D eigenvalue weighted by Gasteiger charge is -1.87. The van der Waals surface area contributed by atoms with Crippen LogP contribution in [0.2, 0.25) is 0 Å². The van der Waals surface area contributed by atoms with Crippen LogP contribution in [0.5, 0.6) is 0 Å². The lowest BCUT2D eigenvalue weighted by atomic mass is 10.4. The lowest BCUT2D eigenvalue weighted by Crippen LogP contribution is -2.08. The molecule has 6 nitrogen and oxygen atoms in total. The van der Waals surface area contributed by atoms with E-state index in [9.17, 15) is 0 Å². The minimum Gasteiger partial charge on any atom is -0.411 e. The maximum absolute atomic E-state index is 8.01. The van der Waals surface area contributed by atoms with Gasteiger partial charge in [-0.2, -0.15) is 5.10 Å². The Morgan fingerprint density at radius 3 is 2.10 bits per heavy atom. The molecule has 0 atom stereocenters. The van der Waals surface area contributed by atoms with E-state index in [2.05, 4.69) is 20.8 Å². The molecule has 0 radical (unpaired) electrons. The summed E-state index contributed by atoms with van der Waals surface area (Å²) in [6, 6.07) is 0. The molecule has 0 amide bonds. The van der Waals surface area contributed by atoms with Crippen molar-refractivity contribution in [3.8, 4) is 0 Å². The van der Waals surface area contributed by atoms with Gasteiger partial charge in [0, 0.05) is 7.05 Å². The summed E-state index contributed by atoms with van der Waals surface area (Å²) in [6.45, 7) is 0. The highest BCUT2D eigenvalue weighted by Crippen LogP contribution is 1.67. The second-order valence-corrected chi connectivity index (χ2v) is 1.25. The highest BCUT2D eigenvalue weighted by molar-refractivity contribution is 6.55. The van der Waals surface area contributed by atoms with Crippen LogP contribution in [-0.2, 0) is 0 Å². The van der Waals surface area contributed by atoms with Gasteiger partial charge in [0.1, 0.15) is 5.71 Å². The van der Waals surface area contributed by atoms with Crippen molar-refractivity contribution < 1.29 is 10.4 Å². The third-order valence-electron chi connectivity index (χ3n) is 0.621. The fourth-order valence-electron chi connectivity index (χ4n) is 0.338. The molecule has 6 heteroatoms. The van der Waals surface area contributed by atoms with Crippen LogP contribution in [0.15, 0.2) is 15.4 Å². The summed E-state index contributed by atoms with van der Waals surface area (Å²) in [4.78, 5) is 0. The third kappa shape index (κ3) is 3.42. The zero-order chi connectivity index (χ0) is 7.82. The standard InChI is InChI=1S/C4H8N4O2/c1-5-8-4(2-6-9)3-7-10/h2-3,5,9-10H,1H3/b6-2+,7-3+. The monoisotopic (exact) mass is 144 g/mol. The fraction of sp³-hybridized carbons (Fsp3) is 0.250. The van der Waals surface area contributed by atoms with E-state index < -0.39 is 0 Å². The Kier molecular flexibility index (Phi) is 4.66. The van der Waals surface area contributed by atoms with Crippen molar-refractivity contribution in [1.29, 1.82) is 0 Å². The predicted octanol–water partition coefficient (Wildman–Crippen LogP) is -0.518. The largest absolute Gasteiger partial charge is 0.411 e.